The highest BCUT2D eigenvalue weighted by Crippen LogP contribution is 2.33. The summed E-state index contributed by atoms with van der Waals surface area (Å²) in [6.45, 7) is 2.40. The van der Waals surface area contributed by atoms with Gasteiger partial charge in [-0.25, -0.2) is 9.83 Å². The summed E-state index contributed by atoms with van der Waals surface area (Å²) >= 11 is 0. The van der Waals surface area contributed by atoms with Crippen molar-refractivity contribution in [3.8, 4) is 0 Å². The molecule has 0 saturated carbocycles. The first-order chi connectivity index (χ1) is 9.63. The van der Waals surface area contributed by atoms with E-state index in [0.717, 1.165) is 24.2 Å². The molecule has 1 aromatic rings. The number of benzene rings is 1. The second-order valence-electron chi connectivity index (χ2n) is 5.48. The van der Waals surface area contributed by atoms with Crippen molar-refractivity contribution in [1.29, 1.82) is 0 Å². The zero-order valence-corrected chi connectivity index (χ0v) is 12.2. The quantitative estimate of drug-likeness (QED) is 0.313. The smallest absolute Gasteiger partial charge is 0.188 e. The van der Waals surface area contributed by atoms with E-state index in [1.807, 2.05) is 0 Å². The van der Waals surface area contributed by atoms with Crippen molar-refractivity contribution in [2.24, 2.45) is 16.6 Å². The summed E-state index contributed by atoms with van der Waals surface area (Å²) in [5.41, 5.74) is 12.2. The summed E-state index contributed by atoms with van der Waals surface area (Å²) in [7, 11) is 1.64. The van der Waals surface area contributed by atoms with Gasteiger partial charge in [0.1, 0.15) is 5.69 Å². The topological polar surface area (TPSA) is 84.5 Å². The van der Waals surface area contributed by atoms with Crippen molar-refractivity contribution in [2.75, 3.05) is 13.7 Å². The van der Waals surface area contributed by atoms with Gasteiger partial charge in [-0.05, 0) is 42.4 Å². The standard InChI is InChI=1S/C15H23N3O2/c1-10-6-11-8-13(17-15(16)4-3-5-19)14(18-20-2)9-12(11)7-10/h8-10,18-19H,3-7H2,1-2H3,(H2,16,17)/p+1. The van der Waals surface area contributed by atoms with E-state index in [1.165, 1.54) is 11.1 Å². The summed E-state index contributed by atoms with van der Waals surface area (Å²) in [6, 6.07) is 4.27. The minimum atomic E-state index is 0.134. The molecule has 0 aliphatic heterocycles. The van der Waals surface area contributed by atoms with E-state index >= 15 is 0 Å². The Balaban J connectivity index is 2.28. The third kappa shape index (κ3) is 3.56. The molecule has 0 bridgehead atoms. The Labute approximate surface area is 119 Å². The first kappa shape index (κ1) is 15.0. The van der Waals surface area contributed by atoms with Gasteiger partial charge in [-0.3, -0.25) is 0 Å². The molecule has 5 heteroatoms. The minimum Gasteiger partial charge on any atom is -0.396 e. The maximum absolute atomic E-state index is 8.84. The number of rotatable bonds is 6. The number of nitrogens with two attached hydrogens (primary N) is 2. The first-order valence-electron chi connectivity index (χ1n) is 7.09. The molecule has 0 heterocycles. The Bertz CT molecular complexity index is 500. The van der Waals surface area contributed by atoms with Crippen LogP contribution in [0.25, 0.3) is 0 Å². The number of hydrogen-bond acceptors (Lipinski definition) is 3. The van der Waals surface area contributed by atoms with Crippen LogP contribution >= 0.6 is 0 Å². The molecule has 1 aliphatic carbocycles. The van der Waals surface area contributed by atoms with E-state index in [9.17, 15) is 0 Å². The van der Waals surface area contributed by atoms with E-state index in [2.05, 4.69) is 24.0 Å². The van der Waals surface area contributed by atoms with Crippen molar-refractivity contribution in [3.05, 3.63) is 23.3 Å². The Morgan fingerprint density at radius 2 is 2.15 bits per heavy atom. The molecule has 0 fully saturated rings. The van der Waals surface area contributed by atoms with Gasteiger partial charge in [-0.2, -0.15) is 5.48 Å². The predicted octanol–water partition coefficient (Wildman–Crippen LogP) is 0.939. The maximum Gasteiger partial charge on any atom is 0.188 e. The fourth-order valence-electron chi connectivity index (χ4n) is 2.69. The number of amidine groups is 1. The highest BCUT2D eigenvalue weighted by molar-refractivity contribution is 5.84. The Kier molecular flexibility index (Phi) is 5.11. The average Bonchev–Trinajstić information content (AvgIpc) is 2.76. The van der Waals surface area contributed by atoms with E-state index in [4.69, 9.17) is 15.7 Å². The number of aliphatic imine (C=N–C) groups is 1. The second kappa shape index (κ2) is 6.83. The molecule has 0 spiro atoms. The van der Waals surface area contributed by atoms with E-state index in [1.54, 1.807) is 12.6 Å². The lowest BCUT2D eigenvalue weighted by Crippen LogP contribution is -2.76. The zero-order valence-electron chi connectivity index (χ0n) is 12.2. The Morgan fingerprint density at radius 1 is 1.45 bits per heavy atom. The summed E-state index contributed by atoms with van der Waals surface area (Å²) in [5, 5.41) is 8.84. The molecule has 0 amide bonds. The molecule has 5 nitrogen and oxygen atoms in total. The van der Waals surface area contributed by atoms with Crippen LogP contribution in [-0.4, -0.2) is 24.7 Å². The molecule has 5 N–H and O–H groups in total. The number of aliphatic hydroxyl groups is 1. The van der Waals surface area contributed by atoms with Gasteiger partial charge in [0.15, 0.2) is 5.69 Å². The van der Waals surface area contributed by atoms with Gasteiger partial charge in [0.05, 0.1) is 12.9 Å². The SMILES string of the molecule is CO[NH2+]c1cc2c(cc1N=C(N)CCCO)CC(C)C2. The largest absolute Gasteiger partial charge is 0.396 e. The van der Waals surface area contributed by atoms with Crippen molar-refractivity contribution in [1.82, 2.24) is 0 Å². The maximum atomic E-state index is 8.84. The van der Waals surface area contributed by atoms with Gasteiger partial charge in [-0.1, -0.05) is 6.92 Å². The molecule has 1 atom stereocenters. The first-order valence-corrected chi connectivity index (χ1v) is 7.09. The van der Waals surface area contributed by atoms with Crippen LogP contribution in [-0.2, 0) is 17.7 Å². The lowest BCUT2D eigenvalue weighted by Gasteiger charge is -2.07. The van der Waals surface area contributed by atoms with Gasteiger partial charge < -0.3 is 10.8 Å². The molecule has 1 aliphatic rings. The summed E-state index contributed by atoms with van der Waals surface area (Å²) < 4.78 is 0. The van der Waals surface area contributed by atoms with Crippen molar-refractivity contribution >= 4 is 17.2 Å². The Morgan fingerprint density at radius 3 is 2.80 bits per heavy atom. The molecule has 1 unspecified atom stereocenters. The van der Waals surface area contributed by atoms with Crippen molar-refractivity contribution < 1.29 is 15.4 Å². The van der Waals surface area contributed by atoms with Crippen molar-refractivity contribution in [3.63, 3.8) is 0 Å². The fraction of sp³-hybridized carbons (Fsp3) is 0.533. The van der Waals surface area contributed by atoms with E-state index in [-0.39, 0.29) is 6.61 Å². The number of fused-ring (bicyclic) bond motifs is 1. The number of nitrogens with zero attached hydrogens (tertiary/aromatic N) is 1. The summed E-state index contributed by atoms with van der Waals surface area (Å²) in [4.78, 5) is 9.63. The highest BCUT2D eigenvalue weighted by atomic mass is 16.6. The van der Waals surface area contributed by atoms with Gasteiger partial charge >= 0.3 is 0 Å². The van der Waals surface area contributed by atoms with Crippen LogP contribution in [0.3, 0.4) is 0 Å². The van der Waals surface area contributed by atoms with Crippen LogP contribution in [0.1, 0.15) is 30.9 Å². The normalized spacial score (nSPS) is 18.4. The third-order valence-electron chi connectivity index (χ3n) is 3.59. The monoisotopic (exact) mass is 278 g/mol. The van der Waals surface area contributed by atoms with Crippen LogP contribution in [0.4, 0.5) is 11.4 Å². The number of hydrogen-bond donors (Lipinski definition) is 3. The summed E-state index contributed by atoms with van der Waals surface area (Å²) in [6.07, 6.45) is 3.46. The predicted molar refractivity (Wildman–Crippen MR) is 79.2 cm³/mol. The molecule has 110 valence electrons. The molecular weight excluding hydrogens is 254 g/mol. The lowest BCUT2D eigenvalue weighted by atomic mass is 10.1. The van der Waals surface area contributed by atoms with Crippen LogP contribution in [0.15, 0.2) is 17.1 Å². The lowest BCUT2D eigenvalue weighted by molar-refractivity contribution is -0.829. The van der Waals surface area contributed by atoms with Crippen LogP contribution in [0.5, 0.6) is 0 Å². The highest BCUT2D eigenvalue weighted by Gasteiger charge is 2.21. The minimum absolute atomic E-state index is 0.134. The van der Waals surface area contributed by atoms with Crippen LogP contribution < -0.4 is 11.2 Å². The third-order valence-corrected chi connectivity index (χ3v) is 3.59. The molecule has 2 rings (SSSR count). The molecule has 0 aromatic heterocycles. The molecular formula is C15H24N3O2+. The van der Waals surface area contributed by atoms with Gasteiger partial charge in [0.25, 0.3) is 0 Å². The molecule has 0 radical (unpaired) electrons. The molecule has 20 heavy (non-hydrogen) atoms. The van der Waals surface area contributed by atoms with E-state index in [0.29, 0.717) is 24.6 Å². The number of quaternary nitrogens is 1. The van der Waals surface area contributed by atoms with Crippen LogP contribution in [0, 0.1) is 5.92 Å². The second-order valence-corrected chi connectivity index (χ2v) is 5.48. The van der Waals surface area contributed by atoms with Gasteiger partial charge in [-0.15, -0.1) is 0 Å². The zero-order chi connectivity index (χ0) is 14.5. The fourth-order valence-corrected chi connectivity index (χ4v) is 2.69. The molecule has 0 saturated heterocycles. The van der Waals surface area contributed by atoms with E-state index < -0.39 is 0 Å². The van der Waals surface area contributed by atoms with Crippen molar-refractivity contribution in [2.45, 2.75) is 32.6 Å². The molecule has 1 aromatic carbocycles. The van der Waals surface area contributed by atoms with Gasteiger partial charge in [0.2, 0.25) is 0 Å². The van der Waals surface area contributed by atoms with Crippen LogP contribution in [0.2, 0.25) is 0 Å². The summed E-state index contributed by atoms with van der Waals surface area (Å²) in [5.74, 6) is 1.24. The Hall–Kier alpha value is -1.43. The number of aliphatic hydroxyl groups excluding tert-OH is 1. The van der Waals surface area contributed by atoms with Gasteiger partial charge in [0, 0.05) is 19.1 Å². The average molecular weight is 278 g/mol.